The second-order valence-corrected chi connectivity index (χ2v) is 6.14. The van der Waals surface area contributed by atoms with Crippen molar-refractivity contribution < 1.29 is 5.11 Å². The van der Waals surface area contributed by atoms with Gasteiger partial charge in [0.1, 0.15) is 5.75 Å². The molecule has 0 saturated carbocycles. The standard InChI is InChI=1S/C18H19NO/c1-9-10(2)18(20)11(3)15-14-8-12-6-4-5-7-13(12)17(14)19-16(9)15/h4-7,14,17,19-20H,8H2,1-3H3/t14-,17-/m0/s1. The molecule has 20 heavy (non-hydrogen) atoms. The minimum atomic E-state index is 0.375. The molecule has 1 aliphatic heterocycles. The molecule has 2 atom stereocenters. The predicted molar refractivity (Wildman–Crippen MR) is 81.6 cm³/mol. The number of anilines is 1. The van der Waals surface area contributed by atoms with E-state index >= 15 is 0 Å². The van der Waals surface area contributed by atoms with Gasteiger partial charge in [0.25, 0.3) is 0 Å². The fraction of sp³-hybridized carbons (Fsp3) is 0.333. The van der Waals surface area contributed by atoms with Crippen LogP contribution in [0.25, 0.3) is 0 Å². The summed E-state index contributed by atoms with van der Waals surface area (Å²) in [5.74, 6) is 0.937. The van der Waals surface area contributed by atoms with E-state index in [4.69, 9.17) is 0 Å². The molecule has 4 rings (SSSR count). The highest BCUT2D eigenvalue weighted by molar-refractivity contribution is 5.74. The molecule has 1 aliphatic carbocycles. The van der Waals surface area contributed by atoms with E-state index in [2.05, 4.69) is 36.5 Å². The topological polar surface area (TPSA) is 32.3 Å². The average molecular weight is 265 g/mol. The van der Waals surface area contributed by atoms with Crippen LogP contribution < -0.4 is 5.32 Å². The van der Waals surface area contributed by atoms with Crippen molar-refractivity contribution in [2.75, 3.05) is 5.32 Å². The summed E-state index contributed by atoms with van der Waals surface area (Å²) in [4.78, 5) is 0. The Kier molecular flexibility index (Phi) is 2.24. The Balaban J connectivity index is 1.93. The van der Waals surface area contributed by atoms with E-state index in [0.29, 0.717) is 17.7 Å². The summed E-state index contributed by atoms with van der Waals surface area (Å²) in [6.07, 6.45) is 1.07. The first kappa shape index (κ1) is 11.8. The van der Waals surface area contributed by atoms with Crippen LogP contribution in [0.15, 0.2) is 24.3 Å². The van der Waals surface area contributed by atoms with Crippen molar-refractivity contribution in [2.24, 2.45) is 0 Å². The van der Waals surface area contributed by atoms with Gasteiger partial charge in [0, 0.05) is 11.6 Å². The molecule has 0 radical (unpaired) electrons. The lowest BCUT2D eigenvalue weighted by atomic mass is 9.88. The molecule has 2 heteroatoms. The lowest BCUT2D eigenvalue weighted by molar-refractivity contribution is 0.464. The second-order valence-electron chi connectivity index (χ2n) is 6.14. The molecule has 0 unspecified atom stereocenters. The van der Waals surface area contributed by atoms with Crippen molar-refractivity contribution >= 4 is 5.69 Å². The van der Waals surface area contributed by atoms with E-state index in [9.17, 15) is 5.11 Å². The zero-order valence-corrected chi connectivity index (χ0v) is 12.1. The molecule has 102 valence electrons. The third-order valence-corrected chi connectivity index (χ3v) is 5.22. The lowest BCUT2D eigenvalue weighted by Gasteiger charge is -2.16. The smallest absolute Gasteiger partial charge is 0.122 e. The van der Waals surface area contributed by atoms with Crippen LogP contribution in [0, 0.1) is 20.8 Å². The number of phenolic OH excluding ortho intramolecular Hbond substituents is 1. The Bertz CT molecular complexity index is 733. The second kappa shape index (κ2) is 3.78. The third-order valence-electron chi connectivity index (χ3n) is 5.22. The Labute approximate surface area is 119 Å². The summed E-state index contributed by atoms with van der Waals surface area (Å²) in [6, 6.07) is 9.07. The monoisotopic (exact) mass is 265 g/mol. The Morgan fingerprint density at radius 1 is 1.05 bits per heavy atom. The van der Waals surface area contributed by atoms with Crippen molar-refractivity contribution in [3.8, 4) is 5.75 Å². The number of phenols is 1. The summed E-state index contributed by atoms with van der Waals surface area (Å²) < 4.78 is 0. The lowest BCUT2D eigenvalue weighted by Crippen LogP contribution is -2.05. The summed E-state index contributed by atoms with van der Waals surface area (Å²) in [5.41, 5.74) is 8.68. The zero-order chi connectivity index (χ0) is 14.0. The van der Waals surface area contributed by atoms with Crippen molar-refractivity contribution in [1.29, 1.82) is 0 Å². The number of benzene rings is 2. The molecule has 2 N–H and O–H groups in total. The number of hydrogen-bond donors (Lipinski definition) is 2. The summed E-state index contributed by atoms with van der Waals surface area (Å²) in [5, 5.41) is 14.1. The molecule has 0 spiro atoms. The van der Waals surface area contributed by atoms with E-state index in [0.717, 1.165) is 17.5 Å². The first-order valence-corrected chi connectivity index (χ1v) is 7.26. The van der Waals surface area contributed by atoms with Gasteiger partial charge in [-0.1, -0.05) is 24.3 Å². The fourth-order valence-electron chi connectivity index (χ4n) is 4.01. The maximum Gasteiger partial charge on any atom is 0.122 e. The molecule has 0 saturated heterocycles. The van der Waals surface area contributed by atoms with E-state index in [1.54, 1.807) is 0 Å². The van der Waals surface area contributed by atoms with Gasteiger partial charge in [0.05, 0.1) is 6.04 Å². The minimum Gasteiger partial charge on any atom is -0.507 e. The van der Waals surface area contributed by atoms with Crippen LogP contribution in [-0.2, 0) is 6.42 Å². The molecule has 2 nitrogen and oxygen atoms in total. The fourth-order valence-corrected chi connectivity index (χ4v) is 4.01. The zero-order valence-electron chi connectivity index (χ0n) is 12.1. The van der Waals surface area contributed by atoms with Gasteiger partial charge in [-0.25, -0.2) is 0 Å². The van der Waals surface area contributed by atoms with Crippen LogP contribution >= 0.6 is 0 Å². The van der Waals surface area contributed by atoms with Gasteiger partial charge in [-0.3, -0.25) is 0 Å². The van der Waals surface area contributed by atoms with Gasteiger partial charge >= 0.3 is 0 Å². The Hall–Kier alpha value is -1.96. The third kappa shape index (κ3) is 1.29. The molecular weight excluding hydrogens is 246 g/mol. The van der Waals surface area contributed by atoms with Crippen molar-refractivity contribution in [3.05, 3.63) is 57.6 Å². The Morgan fingerprint density at radius 3 is 2.60 bits per heavy atom. The van der Waals surface area contributed by atoms with E-state index in [1.165, 1.54) is 27.9 Å². The predicted octanol–water partition coefficient (Wildman–Crippen LogP) is 4.12. The number of rotatable bonds is 0. The van der Waals surface area contributed by atoms with E-state index in [-0.39, 0.29) is 0 Å². The molecular formula is C18H19NO. The highest BCUT2D eigenvalue weighted by Gasteiger charge is 2.41. The van der Waals surface area contributed by atoms with Crippen LogP contribution in [0.1, 0.15) is 45.3 Å². The molecule has 0 bridgehead atoms. The van der Waals surface area contributed by atoms with Gasteiger partial charge in [0.15, 0.2) is 0 Å². The average Bonchev–Trinajstić information content (AvgIpc) is 2.98. The van der Waals surface area contributed by atoms with Gasteiger partial charge in [0.2, 0.25) is 0 Å². The van der Waals surface area contributed by atoms with Gasteiger partial charge < -0.3 is 10.4 Å². The molecule has 2 aromatic rings. The SMILES string of the molecule is Cc1c(C)c2c(c(C)c1O)[C@@H]1Cc3ccccc3[C@@H]1N2. The molecule has 2 aliphatic rings. The van der Waals surface area contributed by atoms with Gasteiger partial charge in [-0.2, -0.15) is 0 Å². The Morgan fingerprint density at radius 2 is 1.80 bits per heavy atom. The van der Waals surface area contributed by atoms with Crippen LogP contribution in [0.3, 0.4) is 0 Å². The van der Waals surface area contributed by atoms with E-state index < -0.39 is 0 Å². The summed E-state index contributed by atoms with van der Waals surface area (Å²) >= 11 is 0. The summed E-state index contributed by atoms with van der Waals surface area (Å²) in [7, 11) is 0. The quantitative estimate of drug-likeness (QED) is 0.702. The van der Waals surface area contributed by atoms with Crippen LogP contribution in [-0.4, -0.2) is 5.11 Å². The largest absolute Gasteiger partial charge is 0.507 e. The van der Waals surface area contributed by atoms with E-state index in [1.807, 2.05) is 13.8 Å². The first-order valence-electron chi connectivity index (χ1n) is 7.26. The van der Waals surface area contributed by atoms with Crippen molar-refractivity contribution in [2.45, 2.75) is 39.2 Å². The molecule has 0 fully saturated rings. The normalized spacial score (nSPS) is 22.1. The maximum absolute atomic E-state index is 10.4. The molecule has 0 amide bonds. The molecule has 1 heterocycles. The first-order chi connectivity index (χ1) is 9.59. The van der Waals surface area contributed by atoms with Crippen molar-refractivity contribution in [3.63, 3.8) is 0 Å². The maximum atomic E-state index is 10.4. The van der Waals surface area contributed by atoms with Gasteiger partial charge in [-0.15, -0.1) is 0 Å². The molecule has 2 aromatic carbocycles. The number of hydrogen-bond acceptors (Lipinski definition) is 2. The van der Waals surface area contributed by atoms with Crippen LogP contribution in [0.5, 0.6) is 5.75 Å². The number of fused-ring (bicyclic) bond motifs is 5. The number of aromatic hydroxyl groups is 1. The highest BCUT2D eigenvalue weighted by Crippen LogP contribution is 2.55. The minimum absolute atomic E-state index is 0.375. The number of nitrogens with one attached hydrogen (secondary N) is 1. The van der Waals surface area contributed by atoms with Gasteiger partial charge in [-0.05, 0) is 60.6 Å². The highest BCUT2D eigenvalue weighted by atomic mass is 16.3. The van der Waals surface area contributed by atoms with Crippen LogP contribution in [0.4, 0.5) is 5.69 Å². The molecule has 0 aromatic heterocycles. The van der Waals surface area contributed by atoms with Crippen LogP contribution in [0.2, 0.25) is 0 Å². The summed E-state index contributed by atoms with van der Waals surface area (Å²) in [6.45, 7) is 6.16. The van der Waals surface area contributed by atoms with Crippen molar-refractivity contribution in [1.82, 2.24) is 0 Å².